The van der Waals surface area contributed by atoms with E-state index in [2.05, 4.69) is 144 Å². The van der Waals surface area contributed by atoms with Gasteiger partial charge in [0.05, 0.1) is 0 Å². The van der Waals surface area contributed by atoms with Crippen LogP contribution in [0.1, 0.15) is 0 Å². The van der Waals surface area contributed by atoms with Crippen molar-refractivity contribution in [3.8, 4) is 0 Å². The van der Waals surface area contributed by atoms with Gasteiger partial charge in [0.25, 0.3) is 0 Å². The van der Waals surface area contributed by atoms with Gasteiger partial charge in [-0.25, -0.2) is 0 Å². The zero-order chi connectivity index (χ0) is 21.4. The molecule has 1 aliphatic heterocycles. The van der Waals surface area contributed by atoms with Crippen LogP contribution in [0.2, 0.25) is 0 Å². The van der Waals surface area contributed by atoms with Gasteiger partial charge >= 0.3 is 0 Å². The SMILES string of the molecule is c1ccc(N2c3ccccc3[Si](c3ccccc3)(c3ccccc3)c3ccccc32)cc1. The lowest BCUT2D eigenvalue weighted by atomic mass is 10.2. The number of hydrogen-bond acceptors (Lipinski definition) is 1. The molecule has 1 heterocycles. The number of hydrogen-bond donors (Lipinski definition) is 0. The van der Waals surface area contributed by atoms with E-state index in [1.807, 2.05) is 0 Å². The van der Waals surface area contributed by atoms with Crippen LogP contribution in [0.4, 0.5) is 17.1 Å². The van der Waals surface area contributed by atoms with E-state index >= 15 is 0 Å². The Bertz CT molecular complexity index is 1280. The normalized spacial score (nSPS) is 13.8. The highest BCUT2D eigenvalue weighted by Crippen LogP contribution is 2.37. The topological polar surface area (TPSA) is 3.24 Å². The molecule has 0 radical (unpaired) electrons. The van der Waals surface area contributed by atoms with Crippen LogP contribution >= 0.6 is 0 Å². The molecule has 1 nitrogen and oxygen atoms in total. The molecule has 0 saturated carbocycles. The number of para-hydroxylation sites is 3. The molecule has 32 heavy (non-hydrogen) atoms. The highest BCUT2D eigenvalue weighted by Gasteiger charge is 2.48. The molecule has 152 valence electrons. The molecule has 5 aromatic rings. The molecule has 0 unspecified atom stereocenters. The molecule has 0 spiro atoms. The maximum Gasteiger partial charge on any atom is 0.184 e. The van der Waals surface area contributed by atoms with Crippen LogP contribution in [0.25, 0.3) is 0 Å². The lowest BCUT2D eigenvalue weighted by molar-refractivity contribution is 1.29. The van der Waals surface area contributed by atoms with Crippen molar-refractivity contribution in [3.05, 3.63) is 140 Å². The Morgan fingerprint density at radius 1 is 0.375 bits per heavy atom. The average molecular weight is 426 g/mol. The van der Waals surface area contributed by atoms with E-state index < -0.39 is 8.07 Å². The molecule has 0 saturated heterocycles. The second kappa shape index (κ2) is 7.67. The second-order valence-electron chi connectivity index (χ2n) is 8.19. The number of anilines is 3. The fourth-order valence-corrected chi connectivity index (χ4v) is 10.4. The second-order valence-corrected chi connectivity index (χ2v) is 11.9. The maximum absolute atomic E-state index is 2.49. The third kappa shape index (κ3) is 2.70. The van der Waals surface area contributed by atoms with Crippen molar-refractivity contribution in [2.75, 3.05) is 4.90 Å². The van der Waals surface area contributed by atoms with Crippen LogP contribution in [-0.2, 0) is 0 Å². The third-order valence-corrected chi connectivity index (χ3v) is 11.4. The third-order valence-electron chi connectivity index (χ3n) is 6.53. The predicted molar refractivity (Wildman–Crippen MR) is 138 cm³/mol. The molecule has 1 aliphatic rings. The van der Waals surface area contributed by atoms with Crippen molar-refractivity contribution in [2.45, 2.75) is 0 Å². The van der Waals surface area contributed by atoms with Gasteiger partial charge < -0.3 is 4.90 Å². The first-order valence-corrected chi connectivity index (χ1v) is 13.1. The Morgan fingerprint density at radius 2 is 0.750 bits per heavy atom. The van der Waals surface area contributed by atoms with Crippen LogP contribution in [0.3, 0.4) is 0 Å². The van der Waals surface area contributed by atoms with Crippen molar-refractivity contribution in [3.63, 3.8) is 0 Å². The van der Waals surface area contributed by atoms with E-state index in [1.54, 1.807) is 0 Å². The fraction of sp³-hybridized carbons (Fsp3) is 0. The van der Waals surface area contributed by atoms with Crippen LogP contribution in [0.15, 0.2) is 140 Å². The van der Waals surface area contributed by atoms with Gasteiger partial charge in [0.15, 0.2) is 8.07 Å². The van der Waals surface area contributed by atoms with Crippen molar-refractivity contribution in [2.24, 2.45) is 0 Å². The highest BCUT2D eigenvalue weighted by atomic mass is 28.3. The first-order chi connectivity index (χ1) is 15.9. The molecule has 0 amide bonds. The van der Waals surface area contributed by atoms with Crippen molar-refractivity contribution in [1.82, 2.24) is 0 Å². The fourth-order valence-electron chi connectivity index (χ4n) is 5.27. The zero-order valence-electron chi connectivity index (χ0n) is 17.7. The summed E-state index contributed by atoms with van der Waals surface area (Å²) in [6.45, 7) is 0. The summed E-state index contributed by atoms with van der Waals surface area (Å²) in [5, 5.41) is 5.69. The lowest BCUT2D eigenvalue weighted by Crippen LogP contribution is -2.77. The van der Waals surface area contributed by atoms with Crippen molar-refractivity contribution < 1.29 is 0 Å². The number of benzene rings is 5. The molecule has 0 aliphatic carbocycles. The van der Waals surface area contributed by atoms with Gasteiger partial charge in [0, 0.05) is 17.1 Å². The monoisotopic (exact) mass is 425 g/mol. The molecular formula is C30H23NSi. The van der Waals surface area contributed by atoms with Gasteiger partial charge in [-0.05, 0) is 45.0 Å². The van der Waals surface area contributed by atoms with Gasteiger partial charge in [-0.2, -0.15) is 0 Å². The van der Waals surface area contributed by atoms with Crippen LogP contribution in [-0.4, -0.2) is 8.07 Å². The van der Waals surface area contributed by atoms with Crippen LogP contribution < -0.4 is 25.6 Å². The quantitative estimate of drug-likeness (QED) is 0.367. The van der Waals surface area contributed by atoms with Crippen molar-refractivity contribution in [1.29, 1.82) is 0 Å². The predicted octanol–water partition coefficient (Wildman–Crippen LogP) is 4.85. The number of fused-ring (bicyclic) bond motifs is 2. The number of nitrogens with zero attached hydrogens (tertiary/aromatic N) is 1. The van der Waals surface area contributed by atoms with E-state index in [9.17, 15) is 0 Å². The molecular weight excluding hydrogens is 402 g/mol. The summed E-state index contributed by atoms with van der Waals surface area (Å²) >= 11 is 0. The van der Waals surface area contributed by atoms with Crippen LogP contribution in [0, 0.1) is 0 Å². The minimum absolute atomic E-state index is 1.19. The minimum Gasteiger partial charge on any atom is -0.311 e. The molecule has 6 rings (SSSR count). The Hall–Kier alpha value is -3.88. The Morgan fingerprint density at radius 3 is 1.22 bits per heavy atom. The maximum atomic E-state index is 2.43. The van der Waals surface area contributed by atoms with E-state index in [1.165, 1.54) is 37.8 Å². The first kappa shape index (κ1) is 18.9. The highest BCUT2D eigenvalue weighted by molar-refractivity contribution is 7.21. The Balaban J connectivity index is 1.78. The molecule has 0 aromatic heterocycles. The van der Waals surface area contributed by atoms with E-state index in [4.69, 9.17) is 0 Å². The number of rotatable bonds is 3. The summed E-state index contributed by atoms with van der Waals surface area (Å²) in [5.41, 5.74) is 3.74. The van der Waals surface area contributed by atoms with E-state index in [0.717, 1.165) is 0 Å². The first-order valence-electron chi connectivity index (χ1n) is 11.1. The van der Waals surface area contributed by atoms with Gasteiger partial charge in [0.1, 0.15) is 0 Å². The van der Waals surface area contributed by atoms with Gasteiger partial charge in [-0.1, -0.05) is 115 Å². The van der Waals surface area contributed by atoms with Gasteiger partial charge in [-0.3, -0.25) is 0 Å². The van der Waals surface area contributed by atoms with Crippen molar-refractivity contribution >= 4 is 45.9 Å². The summed E-state index contributed by atoms with van der Waals surface area (Å²) in [4.78, 5) is 2.43. The van der Waals surface area contributed by atoms with E-state index in [0.29, 0.717) is 0 Å². The van der Waals surface area contributed by atoms with Crippen LogP contribution in [0.5, 0.6) is 0 Å². The summed E-state index contributed by atoms with van der Waals surface area (Å²) in [7, 11) is -2.49. The minimum atomic E-state index is -2.49. The molecule has 0 N–H and O–H groups in total. The van der Waals surface area contributed by atoms with E-state index in [-0.39, 0.29) is 0 Å². The summed E-state index contributed by atoms with van der Waals surface area (Å²) in [6.07, 6.45) is 0. The summed E-state index contributed by atoms with van der Waals surface area (Å²) < 4.78 is 0. The van der Waals surface area contributed by atoms with Gasteiger partial charge in [0.2, 0.25) is 0 Å². The molecule has 0 atom stereocenters. The molecule has 0 bridgehead atoms. The summed E-state index contributed by atoms with van der Waals surface area (Å²) in [5.74, 6) is 0. The lowest BCUT2D eigenvalue weighted by Gasteiger charge is -2.45. The molecule has 5 aromatic carbocycles. The van der Waals surface area contributed by atoms with Gasteiger partial charge in [-0.15, -0.1) is 0 Å². The Kier molecular flexibility index (Phi) is 4.52. The molecule has 2 heteroatoms. The average Bonchev–Trinajstić information content (AvgIpc) is 2.89. The molecule has 0 fully saturated rings. The Labute approximate surface area is 190 Å². The smallest absolute Gasteiger partial charge is 0.184 e. The standard InChI is InChI=1S/C30H23NSi/c1-4-14-24(15-5-1)31-27-20-10-12-22-29(27)32(25-16-6-2-7-17-25,26-18-8-3-9-19-26)30-23-13-11-21-28(30)31/h1-23H. The summed E-state index contributed by atoms with van der Waals surface area (Å²) in [6, 6.07) is 51.0. The zero-order valence-corrected chi connectivity index (χ0v) is 18.7. The largest absolute Gasteiger partial charge is 0.311 e.